The van der Waals surface area contributed by atoms with Crippen LogP contribution < -0.4 is 0 Å². The Hall–Kier alpha value is -1.92. The lowest BCUT2D eigenvalue weighted by Crippen LogP contribution is -2.53. The molecule has 1 heterocycles. The first-order chi connectivity index (χ1) is 11.0. The summed E-state index contributed by atoms with van der Waals surface area (Å²) in [6, 6.07) is 7.72. The third-order valence-electron chi connectivity index (χ3n) is 4.62. The largest absolute Gasteiger partial charge is 0.623 e. The molecule has 0 spiro atoms. The maximum Gasteiger partial charge on any atom is 0.382 e. The smallest absolute Gasteiger partial charge is 0.382 e. The fraction of sp³-hybridized carbons (Fsp3) is 0.556. The lowest BCUT2D eigenvalue weighted by Gasteiger charge is -2.30. The molecule has 1 aliphatic rings. The summed E-state index contributed by atoms with van der Waals surface area (Å²) in [5.41, 5.74) is -0.690. The highest BCUT2D eigenvalue weighted by molar-refractivity contribution is 5.79. The van der Waals surface area contributed by atoms with E-state index in [1.165, 1.54) is 13.3 Å². The fourth-order valence-electron chi connectivity index (χ4n) is 2.81. The molecule has 1 saturated heterocycles. The van der Waals surface area contributed by atoms with E-state index in [0.717, 1.165) is 0 Å². The van der Waals surface area contributed by atoms with Gasteiger partial charge >= 0.3 is 12.0 Å². The van der Waals surface area contributed by atoms with E-state index in [-0.39, 0.29) is 0 Å². The fourth-order valence-corrected chi connectivity index (χ4v) is 2.81. The number of esters is 1. The molecule has 0 bridgehead atoms. The van der Waals surface area contributed by atoms with Crippen molar-refractivity contribution in [1.29, 1.82) is 0 Å². The molecule has 1 aromatic carbocycles. The molecule has 1 aliphatic heterocycles. The van der Waals surface area contributed by atoms with Crippen molar-refractivity contribution in [2.75, 3.05) is 7.11 Å². The highest BCUT2D eigenvalue weighted by atomic mass is 16.8. The molecule has 0 aromatic heterocycles. The normalized spacial score (nSPS) is 22.8. The van der Waals surface area contributed by atoms with Crippen molar-refractivity contribution >= 4 is 12.2 Å². The van der Waals surface area contributed by atoms with Gasteiger partial charge in [-0.25, -0.2) is 4.79 Å². The zero-order valence-corrected chi connectivity index (χ0v) is 15.0. The van der Waals surface area contributed by atoms with Gasteiger partial charge in [0.1, 0.15) is 0 Å². The van der Waals surface area contributed by atoms with Crippen molar-refractivity contribution in [3.8, 4) is 0 Å². The Kier molecular flexibility index (Phi) is 4.74. The minimum atomic E-state index is -1.44. The highest BCUT2D eigenvalue weighted by Gasteiger charge is 2.63. The van der Waals surface area contributed by atoms with Crippen molar-refractivity contribution in [3.63, 3.8) is 0 Å². The van der Waals surface area contributed by atoms with Crippen LogP contribution in [0.3, 0.4) is 0 Å². The SMILES string of the molecule is COC(=O)C(/[N+]([O-])=C/c1ccccc1)C1(C)OC(C)(C)C(C)(C)O1. The lowest BCUT2D eigenvalue weighted by molar-refractivity contribution is -0.526. The van der Waals surface area contributed by atoms with E-state index >= 15 is 0 Å². The molecule has 6 heteroatoms. The van der Waals surface area contributed by atoms with Crippen LogP contribution in [0.15, 0.2) is 30.3 Å². The molecule has 1 fully saturated rings. The minimum absolute atomic E-state index is 0.540. The summed E-state index contributed by atoms with van der Waals surface area (Å²) < 4.78 is 17.4. The van der Waals surface area contributed by atoms with E-state index in [4.69, 9.17) is 14.2 Å². The summed E-state index contributed by atoms with van der Waals surface area (Å²) >= 11 is 0. The van der Waals surface area contributed by atoms with Crippen molar-refractivity contribution in [2.45, 2.75) is 57.6 Å². The number of hydrogen-bond acceptors (Lipinski definition) is 5. The summed E-state index contributed by atoms with van der Waals surface area (Å²) in [4.78, 5) is 12.3. The number of rotatable bonds is 4. The molecule has 2 rings (SSSR count). The van der Waals surface area contributed by atoms with Gasteiger partial charge in [-0.3, -0.25) is 0 Å². The Morgan fingerprint density at radius 1 is 1.12 bits per heavy atom. The second-order valence-electron chi connectivity index (χ2n) is 7.07. The first-order valence-corrected chi connectivity index (χ1v) is 7.86. The van der Waals surface area contributed by atoms with E-state index < -0.39 is 29.0 Å². The van der Waals surface area contributed by atoms with Gasteiger partial charge in [-0.1, -0.05) is 18.2 Å². The quantitative estimate of drug-likeness (QED) is 0.278. The molecule has 1 atom stereocenters. The highest BCUT2D eigenvalue weighted by Crippen LogP contribution is 2.45. The van der Waals surface area contributed by atoms with Gasteiger partial charge < -0.3 is 19.4 Å². The van der Waals surface area contributed by atoms with Crippen LogP contribution in [0.5, 0.6) is 0 Å². The molecule has 0 aliphatic carbocycles. The van der Waals surface area contributed by atoms with Gasteiger partial charge in [0.15, 0.2) is 6.21 Å². The number of hydroxylamine groups is 1. The minimum Gasteiger partial charge on any atom is -0.623 e. The topological polar surface area (TPSA) is 70.8 Å². The molecule has 0 radical (unpaired) electrons. The third kappa shape index (κ3) is 3.30. The van der Waals surface area contributed by atoms with Gasteiger partial charge in [0.2, 0.25) is 5.79 Å². The number of hydrogen-bond donors (Lipinski definition) is 0. The zero-order chi connectivity index (χ0) is 18.2. The second kappa shape index (κ2) is 6.18. The Morgan fingerprint density at radius 2 is 1.62 bits per heavy atom. The molecule has 0 N–H and O–H groups in total. The second-order valence-corrected chi connectivity index (χ2v) is 7.07. The average Bonchev–Trinajstić information content (AvgIpc) is 2.63. The molecule has 6 nitrogen and oxygen atoms in total. The van der Waals surface area contributed by atoms with Gasteiger partial charge in [-0.05, 0) is 46.8 Å². The number of nitrogens with zero attached hydrogens (tertiary/aromatic N) is 1. The molecule has 0 amide bonds. The van der Waals surface area contributed by atoms with Crippen LogP contribution in [-0.2, 0) is 19.0 Å². The molecular formula is C18H25NO5. The first-order valence-electron chi connectivity index (χ1n) is 7.86. The standard InChI is InChI=1S/C18H25NO5/c1-16(2)17(3,4)24-18(5,23-16)14(15(20)22-6)19(21)12-13-10-8-7-9-11-13/h7-12,14H,1-6H3/b19-12-. The van der Waals surface area contributed by atoms with E-state index in [1.54, 1.807) is 19.1 Å². The van der Waals surface area contributed by atoms with E-state index in [1.807, 2.05) is 45.9 Å². The maximum atomic E-state index is 12.7. The maximum absolute atomic E-state index is 12.7. The molecule has 1 aromatic rings. The van der Waals surface area contributed by atoms with Crippen molar-refractivity contribution in [3.05, 3.63) is 41.1 Å². The van der Waals surface area contributed by atoms with E-state index in [0.29, 0.717) is 10.3 Å². The average molecular weight is 335 g/mol. The van der Waals surface area contributed by atoms with Crippen LogP contribution in [0.2, 0.25) is 0 Å². The number of carbonyl (C=O) groups is 1. The molecule has 1 unspecified atom stereocenters. The number of benzene rings is 1. The van der Waals surface area contributed by atoms with Crippen LogP contribution in [0, 0.1) is 5.21 Å². The van der Waals surface area contributed by atoms with Crippen molar-refractivity contribution in [1.82, 2.24) is 0 Å². The first kappa shape index (κ1) is 18.4. The number of methoxy groups -OCH3 is 1. The van der Waals surface area contributed by atoms with Crippen molar-refractivity contribution < 1.29 is 23.7 Å². The van der Waals surface area contributed by atoms with Gasteiger partial charge in [-0.2, -0.15) is 4.74 Å². The van der Waals surface area contributed by atoms with Gasteiger partial charge in [-0.15, -0.1) is 0 Å². The number of ether oxygens (including phenoxy) is 3. The Labute approximate surface area is 142 Å². The monoisotopic (exact) mass is 335 g/mol. The predicted octanol–water partition coefficient (Wildman–Crippen LogP) is 2.48. The number of carbonyl (C=O) groups excluding carboxylic acids is 1. The molecule has 132 valence electrons. The van der Waals surface area contributed by atoms with Gasteiger partial charge in [0.05, 0.1) is 18.3 Å². The van der Waals surface area contributed by atoms with E-state index in [2.05, 4.69) is 0 Å². The summed E-state index contributed by atoms with van der Waals surface area (Å²) in [6.45, 7) is 9.05. The summed E-state index contributed by atoms with van der Waals surface area (Å²) in [5, 5.41) is 12.7. The Balaban J connectivity index is 2.43. The predicted molar refractivity (Wildman–Crippen MR) is 89.8 cm³/mol. The van der Waals surface area contributed by atoms with Crippen LogP contribution in [0.4, 0.5) is 0 Å². The zero-order valence-electron chi connectivity index (χ0n) is 15.0. The van der Waals surface area contributed by atoms with Gasteiger partial charge in [0.25, 0.3) is 0 Å². The summed E-state index contributed by atoms with van der Waals surface area (Å²) in [5.74, 6) is -2.15. The summed E-state index contributed by atoms with van der Waals surface area (Å²) in [7, 11) is 1.24. The lowest BCUT2D eigenvalue weighted by atomic mass is 9.90. The van der Waals surface area contributed by atoms with Crippen molar-refractivity contribution in [2.24, 2.45) is 0 Å². The van der Waals surface area contributed by atoms with Gasteiger partial charge in [0, 0.05) is 5.56 Å². The third-order valence-corrected chi connectivity index (χ3v) is 4.62. The van der Waals surface area contributed by atoms with Crippen LogP contribution >= 0.6 is 0 Å². The van der Waals surface area contributed by atoms with Crippen LogP contribution in [-0.4, -0.2) is 47.1 Å². The summed E-state index contributed by atoms with van der Waals surface area (Å²) in [6.07, 6.45) is 1.33. The van der Waals surface area contributed by atoms with E-state index in [9.17, 15) is 10.0 Å². The Bertz CT molecular complexity index is 620. The van der Waals surface area contributed by atoms with Crippen LogP contribution in [0.25, 0.3) is 0 Å². The molecule has 24 heavy (non-hydrogen) atoms. The molecular weight excluding hydrogens is 310 g/mol. The van der Waals surface area contributed by atoms with Crippen LogP contribution in [0.1, 0.15) is 40.2 Å². The Morgan fingerprint density at radius 3 is 2.08 bits per heavy atom. The molecule has 0 saturated carbocycles.